The van der Waals surface area contributed by atoms with Crippen LogP contribution < -0.4 is 5.56 Å². The summed E-state index contributed by atoms with van der Waals surface area (Å²) in [5.41, 5.74) is 2.25. The van der Waals surface area contributed by atoms with Crippen LogP contribution in [-0.2, 0) is 11.2 Å². The maximum atomic E-state index is 13.1. The van der Waals surface area contributed by atoms with Crippen LogP contribution in [-0.4, -0.2) is 14.5 Å². The molecule has 0 amide bonds. The first kappa shape index (κ1) is 19.6. The molecular weight excluding hydrogens is 382 g/mol. The molecule has 0 aliphatic carbocycles. The fraction of sp³-hybridized carbons (Fsp3) is 0.526. The van der Waals surface area contributed by atoms with Gasteiger partial charge in [-0.1, -0.05) is 32.5 Å². The Morgan fingerprint density at radius 1 is 1.23 bits per heavy atom. The second-order valence-electron chi connectivity index (χ2n) is 7.81. The summed E-state index contributed by atoms with van der Waals surface area (Å²) < 4.78 is 1.82. The van der Waals surface area contributed by atoms with Gasteiger partial charge in [0.25, 0.3) is 5.56 Å². The van der Waals surface area contributed by atoms with Crippen molar-refractivity contribution in [2.75, 3.05) is 0 Å². The lowest BCUT2D eigenvalue weighted by molar-refractivity contribution is 0.519. The summed E-state index contributed by atoms with van der Waals surface area (Å²) in [5, 5.41) is 4.81. The van der Waals surface area contributed by atoms with E-state index in [-0.39, 0.29) is 17.0 Å². The molecule has 0 aromatic carbocycles. The van der Waals surface area contributed by atoms with Crippen LogP contribution in [0.15, 0.2) is 15.3 Å². The van der Waals surface area contributed by atoms with Crippen LogP contribution in [0.2, 0.25) is 0 Å². The molecule has 3 aromatic heterocycles. The first-order chi connectivity index (χ1) is 12.1. The molecule has 0 aliphatic rings. The Labute approximate surface area is 166 Å². The Hall–Kier alpha value is -1.18. The third-order valence-corrected chi connectivity index (χ3v) is 7.67. The van der Waals surface area contributed by atoms with Gasteiger partial charge < -0.3 is 0 Å². The Bertz CT molecular complexity index is 1010. The standard InChI is InChI=1S/C19H25N3OS3/c1-10(2)22-16(23)14-11(3)12(4)26-15(14)21-18(22)25-9-13-8-24-17(20-13)19(5,6)7/h8,10H,9H2,1-7H3. The zero-order valence-corrected chi connectivity index (χ0v) is 18.8. The molecule has 4 nitrogen and oxygen atoms in total. The number of rotatable bonds is 4. The molecule has 0 spiro atoms. The van der Waals surface area contributed by atoms with Crippen molar-refractivity contribution in [3.63, 3.8) is 0 Å². The fourth-order valence-corrected chi connectivity index (χ4v) is 5.80. The van der Waals surface area contributed by atoms with Crippen molar-refractivity contribution < 1.29 is 0 Å². The molecule has 3 heterocycles. The van der Waals surface area contributed by atoms with Crippen LogP contribution in [0.5, 0.6) is 0 Å². The van der Waals surface area contributed by atoms with Crippen molar-refractivity contribution in [2.24, 2.45) is 0 Å². The normalized spacial score (nSPS) is 12.5. The van der Waals surface area contributed by atoms with E-state index in [0.717, 1.165) is 42.3 Å². The van der Waals surface area contributed by atoms with Crippen molar-refractivity contribution in [2.45, 2.75) is 70.8 Å². The average Bonchev–Trinajstić information content (AvgIpc) is 3.10. The minimum absolute atomic E-state index is 0.0663. The van der Waals surface area contributed by atoms with Gasteiger partial charge in [0.15, 0.2) is 5.16 Å². The molecule has 0 radical (unpaired) electrons. The first-order valence-corrected chi connectivity index (χ1v) is 11.4. The van der Waals surface area contributed by atoms with Crippen molar-refractivity contribution in [3.8, 4) is 0 Å². The SMILES string of the molecule is Cc1sc2nc(SCc3csc(C(C)(C)C)n3)n(C(C)C)c(=O)c2c1C. The number of aryl methyl sites for hydroxylation is 2. The largest absolute Gasteiger partial charge is 0.284 e. The summed E-state index contributed by atoms with van der Waals surface area (Å²) in [4.78, 5) is 24.7. The highest BCUT2D eigenvalue weighted by atomic mass is 32.2. The summed E-state index contributed by atoms with van der Waals surface area (Å²) in [7, 11) is 0. The Kier molecular flexibility index (Phi) is 5.34. The molecule has 0 atom stereocenters. The molecule has 0 N–H and O–H groups in total. The van der Waals surface area contributed by atoms with Gasteiger partial charge in [-0.2, -0.15) is 0 Å². The lowest BCUT2D eigenvalue weighted by Crippen LogP contribution is -2.24. The molecule has 3 rings (SSSR count). The smallest absolute Gasteiger partial charge is 0.263 e. The highest BCUT2D eigenvalue weighted by Crippen LogP contribution is 2.32. The predicted molar refractivity (Wildman–Crippen MR) is 114 cm³/mol. The van der Waals surface area contributed by atoms with E-state index in [1.807, 2.05) is 25.3 Å². The van der Waals surface area contributed by atoms with Gasteiger partial charge in [-0.25, -0.2) is 9.97 Å². The molecule has 0 fully saturated rings. The topological polar surface area (TPSA) is 47.8 Å². The second-order valence-corrected chi connectivity index (χ2v) is 10.8. The molecule has 0 unspecified atom stereocenters. The number of thiazole rings is 1. The van der Waals surface area contributed by atoms with E-state index in [2.05, 4.69) is 33.1 Å². The molecule has 0 saturated heterocycles. The van der Waals surface area contributed by atoms with Gasteiger partial charge in [0.1, 0.15) is 4.83 Å². The minimum Gasteiger partial charge on any atom is -0.284 e. The van der Waals surface area contributed by atoms with Gasteiger partial charge in [-0.05, 0) is 33.3 Å². The van der Waals surface area contributed by atoms with E-state index in [1.165, 1.54) is 0 Å². The van der Waals surface area contributed by atoms with Crippen molar-refractivity contribution in [1.82, 2.24) is 14.5 Å². The number of nitrogens with zero attached hydrogens (tertiary/aromatic N) is 3. The molecule has 0 aliphatic heterocycles. The van der Waals surface area contributed by atoms with Crippen LogP contribution in [0.3, 0.4) is 0 Å². The van der Waals surface area contributed by atoms with Gasteiger partial charge >= 0.3 is 0 Å². The van der Waals surface area contributed by atoms with Crippen molar-refractivity contribution in [3.05, 3.63) is 36.9 Å². The van der Waals surface area contributed by atoms with Gasteiger partial charge in [-0.3, -0.25) is 9.36 Å². The summed E-state index contributed by atoms with van der Waals surface area (Å²) in [5.74, 6) is 0.723. The third-order valence-electron chi connectivity index (χ3n) is 4.26. The van der Waals surface area contributed by atoms with E-state index >= 15 is 0 Å². The summed E-state index contributed by atoms with van der Waals surface area (Å²) in [6.07, 6.45) is 0. The average molecular weight is 408 g/mol. The first-order valence-electron chi connectivity index (χ1n) is 8.69. The Balaban J connectivity index is 1.98. The van der Waals surface area contributed by atoms with Crippen molar-refractivity contribution in [1.29, 1.82) is 0 Å². The Morgan fingerprint density at radius 2 is 1.92 bits per heavy atom. The second kappa shape index (κ2) is 7.09. The molecule has 7 heteroatoms. The lowest BCUT2D eigenvalue weighted by atomic mass is 9.98. The zero-order chi connectivity index (χ0) is 19.2. The maximum absolute atomic E-state index is 13.1. The van der Waals surface area contributed by atoms with E-state index in [4.69, 9.17) is 9.97 Å². The van der Waals surface area contributed by atoms with E-state index < -0.39 is 0 Å². The number of aromatic nitrogens is 3. The molecule has 3 aromatic rings. The highest BCUT2D eigenvalue weighted by molar-refractivity contribution is 7.98. The Morgan fingerprint density at radius 3 is 2.50 bits per heavy atom. The minimum atomic E-state index is 0.0663. The van der Waals surface area contributed by atoms with Crippen LogP contribution in [0.25, 0.3) is 10.2 Å². The van der Waals surface area contributed by atoms with E-state index in [1.54, 1.807) is 34.4 Å². The monoisotopic (exact) mass is 407 g/mol. The van der Waals surface area contributed by atoms with Gasteiger partial charge in [0.05, 0.1) is 16.1 Å². The predicted octanol–water partition coefficient (Wildman–Crippen LogP) is 5.70. The number of thiophene rings is 1. The van der Waals surface area contributed by atoms with Crippen LogP contribution in [0.1, 0.15) is 61.8 Å². The number of fused-ring (bicyclic) bond motifs is 1. The molecule has 0 saturated carbocycles. The molecular formula is C19H25N3OS3. The van der Waals surface area contributed by atoms with E-state index in [9.17, 15) is 4.79 Å². The summed E-state index contributed by atoms with van der Waals surface area (Å²) in [6.45, 7) is 14.7. The number of hydrogen-bond donors (Lipinski definition) is 0. The zero-order valence-electron chi connectivity index (χ0n) is 16.3. The van der Waals surface area contributed by atoms with Gasteiger partial charge in [0, 0.05) is 27.5 Å². The van der Waals surface area contributed by atoms with Crippen molar-refractivity contribution >= 4 is 44.7 Å². The molecule has 0 bridgehead atoms. The van der Waals surface area contributed by atoms with Crippen LogP contribution in [0, 0.1) is 13.8 Å². The van der Waals surface area contributed by atoms with Gasteiger partial charge in [-0.15, -0.1) is 22.7 Å². The lowest BCUT2D eigenvalue weighted by Gasteiger charge is -2.15. The third kappa shape index (κ3) is 3.62. The quantitative estimate of drug-likeness (QED) is 0.411. The number of thioether (sulfide) groups is 1. The molecule has 140 valence electrons. The summed E-state index contributed by atoms with van der Waals surface area (Å²) >= 11 is 4.91. The number of hydrogen-bond acceptors (Lipinski definition) is 6. The highest BCUT2D eigenvalue weighted by Gasteiger charge is 2.20. The van der Waals surface area contributed by atoms with E-state index in [0.29, 0.717) is 0 Å². The fourth-order valence-electron chi connectivity index (χ4n) is 2.70. The summed E-state index contributed by atoms with van der Waals surface area (Å²) in [6, 6.07) is 0.0714. The van der Waals surface area contributed by atoms with Crippen LogP contribution in [0.4, 0.5) is 0 Å². The van der Waals surface area contributed by atoms with Crippen LogP contribution >= 0.6 is 34.4 Å². The van der Waals surface area contributed by atoms with Gasteiger partial charge in [0.2, 0.25) is 0 Å². The molecule has 26 heavy (non-hydrogen) atoms. The maximum Gasteiger partial charge on any atom is 0.263 e.